The van der Waals surface area contributed by atoms with Gasteiger partial charge in [0.25, 0.3) is 0 Å². The van der Waals surface area contributed by atoms with Crippen LogP contribution < -0.4 is 5.32 Å². The monoisotopic (exact) mass is 251 g/mol. The summed E-state index contributed by atoms with van der Waals surface area (Å²) in [6.45, 7) is 7.02. The molecule has 1 unspecified atom stereocenters. The molecule has 1 aromatic carbocycles. The molecule has 0 aliphatic heterocycles. The lowest BCUT2D eigenvalue weighted by molar-refractivity contribution is -0.174. The summed E-state index contributed by atoms with van der Waals surface area (Å²) in [7, 11) is 0. The highest BCUT2D eigenvalue weighted by atomic mass is 16.6. The predicted molar refractivity (Wildman–Crippen MR) is 71.2 cm³/mol. The first-order valence-corrected chi connectivity index (χ1v) is 6.06. The van der Waals surface area contributed by atoms with E-state index >= 15 is 0 Å². The third-order valence-corrected chi connectivity index (χ3v) is 2.37. The van der Waals surface area contributed by atoms with Gasteiger partial charge in [-0.1, -0.05) is 25.1 Å². The van der Waals surface area contributed by atoms with Crippen molar-refractivity contribution in [3.8, 4) is 0 Å². The molecule has 0 aliphatic carbocycles. The molecular weight excluding hydrogens is 230 g/mol. The van der Waals surface area contributed by atoms with Crippen LogP contribution in [0.3, 0.4) is 0 Å². The maximum Gasteiger partial charge on any atom is 0.360 e. The molecular formula is C14H21NO3. The fourth-order valence-corrected chi connectivity index (χ4v) is 1.41. The molecule has 0 saturated carbocycles. The van der Waals surface area contributed by atoms with Gasteiger partial charge in [0.1, 0.15) is 5.60 Å². The van der Waals surface area contributed by atoms with E-state index in [1.165, 1.54) is 0 Å². The summed E-state index contributed by atoms with van der Waals surface area (Å²) in [4.78, 5) is 12.0. The van der Waals surface area contributed by atoms with Gasteiger partial charge in [0.2, 0.25) is 5.72 Å². The number of hydrogen-bond donors (Lipinski definition) is 2. The maximum absolute atomic E-state index is 12.0. The van der Waals surface area contributed by atoms with Crippen LogP contribution >= 0.6 is 0 Å². The second-order valence-corrected chi connectivity index (χ2v) is 5.21. The zero-order chi connectivity index (χ0) is 13.8. The summed E-state index contributed by atoms with van der Waals surface area (Å²) in [5.41, 5.74) is -1.65. The Hall–Kier alpha value is -1.55. The van der Waals surface area contributed by atoms with E-state index in [0.717, 1.165) is 0 Å². The molecule has 0 bridgehead atoms. The fraction of sp³-hybridized carbons (Fsp3) is 0.500. The summed E-state index contributed by atoms with van der Waals surface area (Å²) in [5.74, 6) is -0.665. The largest absolute Gasteiger partial charge is 0.456 e. The molecule has 0 spiro atoms. The third-order valence-electron chi connectivity index (χ3n) is 2.37. The smallest absolute Gasteiger partial charge is 0.360 e. The molecule has 1 aromatic rings. The number of rotatable bonds is 4. The van der Waals surface area contributed by atoms with Crippen molar-refractivity contribution in [1.29, 1.82) is 0 Å². The highest BCUT2D eigenvalue weighted by Gasteiger charge is 2.38. The van der Waals surface area contributed by atoms with Crippen LogP contribution in [0, 0.1) is 0 Å². The van der Waals surface area contributed by atoms with Crippen LogP contribution in [0.5, 0.6) is 0 Å². The van der Waals surface area contributed by atoms with E-state index in [9.17, 15) is 9.90 Å². The number of para-hydroxylation sites is 1. The molecule has 0 heterocycles. The van der Waals surface area contributed by atoms with E-state index in [4.69, 9.17) is 4.74 Å². The Morgan fingerprint density at radius 1 is 1.28 bits per heavy atom. The van der Waals surface area contributed by atoms with Gasteiger partial charge < -0.3 is 15.2 Å². The number of anilines is 1. The molecule has 4 nitrogen and oxygen atoms in total. The van der Waals surface area contributed by atoms with Crippen LogP contribution in [0.25, 0.3) is 0 Å². The molecule has 100 valence electrons. The fourth-order valence-electron chi connectivity index (χ4n) is 1.41. The minimum atomic E-state index is -1.70. The number of esters is 1. The van der Waals surface area contributed by atoms with Crippen molar-refractivity contribution in [2.45, 2.75) is 45.4 Å². The van der Waals surface area contributed by atoms with Gasteiger partial charge in [0.05, 0.1) is 0 Å². The second kappa shape index (κ2) is 5.40. The van der Waals surface area contributed by atoms with E-state index in [1.54, 1.807) is 39.8 Å². The van der Waals surface area contributed by atoms with Crippen molar-refractivity contribution >= 4 is 11.7 Å². The van der Waals surface area contributed by atoms with E-state index in [1.807, 2.05) is 18.2 Å². The lowest BCUT2D eigenvalue weighted by Crippen LogP contribution is -2.49. The van der Waals surface area contributed by atoms with Gasteiger partial charge in [-0.05, 0) is 32.9 Å². The van der Waals surface area contributed by atoms with Crippen LogP contribution in [-0.2, 0) is 9.53 Å². The molecule has 0 saturated heterocycles. The van der Waals surface area contributed by atoms with Gasteiger partial charge in [-0.25, -0.2) is 4.79 Å². The molecule has 1 atom stereocenters. The summed E-state index contributed by atoms with van der Waals surface area (Å²) in [6, 6.07) is 9.08. The molecule has 0 fully saturated rings. The van der Waals surface area contributed by atoms with Gasteiger partial charge in [-0.3, -0.25) is 0 Å². The van der Waals surface area contributed by atoms with Gasteiger partial charge in [0.15, 0.2) is 0 Å². The molecule has 4 heteroatoms. The van der Waals surface area contributed by atoms with E-state index in [2.05, 4.69) is 5.32 Å². The number of benzene rings is 1. The van der Waals surface area contributed by atoms with E-state index in [0.29, 0.717) is 5.69 Å². The summed E-state index contributed by atoms with van der Waals surface area (Å²) in [5, 5.41) is 13.1. The average Bonchev–Trinajstić information content (AvgIpc) is 2.28. The van der Waals surface area contributed by atoms with Crippen molar-refractivity contribution in [3.05, 3.63) is 30.3 Å². The normalized spacial score (nSPS) is 14.7. The summed E-state index contributed by atoms with van der Waals surface area (Å²) >= 11 is 0. The van der Waals surface area contributed by atoms with Crippen LogP contribution in [0.1, 0.15) is 34.1 Å². The number of nitrogens with one attached hydrogen (secondary N) is 1. The lowest BCUT2D eigenvalue weighted by atomic mass is 10.1. The molecule has 0 aromatic heterocycles. The number of aliphatic hydroxyl groups is 1. The number of carbonyl (C=O) groups excluding carboxylic acids is 1. The zero-order valence-corrected chi connectivity index (χ0v) is 11.4. The number of ether oxygens (including phenoxy) is 1. The predicted octanol–water partition coefficient (Wildman–Crippen LogP) is 2.54. The minimum absolute atomic E-state index is 0.219. The van der Waals surface area contributed by atoms with E-state index < -0.39 is 17.3 Å². The van der Waals surface area contributed by atoms with Crippen LogP contribution in [0.4, 0.5) is 5.69 Å². The van der Waals surface area contributed by atoms with Crippen LogP contribution in [0.2, 0.25) is 0 Å². The van der Waals surface area contributed by atoms with Crippen LogP contribution in [-0.4, -0.2) is 22.4 Å². The zero-order valence-electron chi connectivity index (χ0n) is 11.4. The first-order chi connectivity index (χ1) is 8.27. The van der Waals surface area contributed by atoms with Crippen molar-refractivity contribution in [2.75, 3.05) is 5.32 Å². The van der Waals surface area contributed by atoms with E-state index in [-0.39, 0.29) is 6.42 Å². The Morgan fingerprint density at radius 2 is 1.83 bits per heavy atom. The van der Waals surface area contributed by atoms with Gasteiger partial charge >= 0.3 is 5.97 Å². The number of carbonyl (C=O) groups is 1. The second-order valence-electron chi connectivity index (χ2n) is 5.21. The Labute approximate surface area is 108 Å². The standard InChI is InChI=1S/C14H21NO3/c1-5-14(17,12(16)18-13(2,3)4)15-11-9-7-6-8-10-11/h6-10,15,17H,5H2,1-4H3. The summed E-state index contributed by atoms with van der Waals surface area (Å²) < 4.78 is 5.21. The molecule has 1 rings (SSSR count). The molecule has 0 radical (unpaired) electrons. The van der Waals surface area contributed by atoms with Crippen molar-refractivity contribution in [3.63, 3.8) is 0 Å². The maximum atomic E-state index is 12.0. The average molecular weight is 251 g/mol. The van der Waals surface area contributed by atoms with Gasteiger partial charge in [-0.2, -0.15) is 0 Å². The molecule has 2 N–H and O–H groups in total. The molecule has 0 amide bonds. The van der Waals surface area contributed by atoms with Crippen molar-refractivity contribution < 1.29 is 14.6 Å². The Balaban J connectivity index is 2.82. The van der Waals surface area contributed by atoms with Gasteiger partial charge in [-0.15, -0.1) is 0 Å². The molecule has 0 aliphatic rings. The molecule has 18 heavy (non-hydrogen) atoms. The van der Waals surface area contributed by atoms with Crippen molar-refractivity contribution in [1.82, 2.24) is 0 Å². The highest BCUT2D eigenvalue weighted by Crippen LogP contribution is 2.20. The Bertz CT molecular complexity index is 397. The van der Waals surface area contributed by atoms with Crippen LogP contribution in [0.15, 0.2) is 30.3 Å². The van der Waals surface area contributed by atoms with Gasteiger partial charge in [0, 0.05) is 12.1 Å². The Morgan fingerprint density at radius 3 is 2.28 bits per heavy atom. The SMILES string of the molecule is CCC(O)(Nc1ccccc1)C(=O)OC(C)(C)C. The number of hydrogen-bond acceptors (Lipinski definition) is 4. The lowest BCUT2D eigenvalue weighted by Gasteiger charge is -2.30. The topological polar surface area (TPSA) is 58.6 Å². The highest BCUT2D eigenvalue weighted by molar-refractivity contribution is 5.82. The Kier molecular flexibility index (Phi) is 4.35. The first kappa shape index (κ1) is 14.5. The minimum Gasteiger partial charge on any atom is -0.456 e. The first-order valence-electron chi connectivity index (χ1n) is 6.06. The van der Waals surface area contributed by atoms with Crippen molar-refractivity contribution in [2.24, 2.45) is 0 Å². The quantitative estimate of drug-likeness (QED) is 0.637. The third kappa shape index (κ3) is 4.04. The summed E-state index contributed by atoms with van der Waals surface area (Å²) in [6.07, 6.45) is 0.219.